The third-order valence-corrected chi connectivity index (χ3v) is 4.93. The van der Waals surface area contributed by atoms with Crippen LogP contribution in [0.1, 0.15) is 20.3 Å². The largest absolute Gasteiger partial charge is 0.352 e. The van der Waals surface area contributed by atoms with Gasteiger partial charge in [0.15, 0.2) is 5.65 Å². The first-order valence-electron chi connectivity index (χ1n) is 9.44. The number of fused-ring (bicyclic) bond motifs is 1. The van der Waals surface area contributed by atoms with Gasteiger partial charge >= 0.3 is 5.69 Å². The molecule has 1 N–H and O–H groups in total. The van der Waals surface area contributed by atoms with Gasteiger partial charge in [0.2, 0.25) is 11.7 Å². The Balaban J connectivity index is 1.68. The molecule has 4 rings (SSSR count). The van der Waals surface area contributed by atoms with Crippen molar-refractivity contribution in [1.29, 1.82) is 0 Å². The molecule has 0 radical (unpaired) electrons. The van der Waals surface area contributed by atoms with E-state index in [4.69, 9.17) is 16.1 Å². The second-order valence-electron chi connectivity index (χ2n) is 6.86. The average Bonchev–Trinajstić information content (AvgIpc) is 3.34. The van der Waals surface area contributed by atoms with E-state index in [-0.39, 0.29) is 24.4 Å². The number of aromatic nitrogens is 5. The first-order chi connectivity index (χ1) is 14.5. The van der Waals surface area contributed by atoms with Crippen LogP contribution in [0, 0.1) is 0 Å². The Morgan fingerprint density at radius 3 is 2.77 bits per heavy atom. The predicted molar refractivity (Wildman–Crippen MR) is 111 cm³/mol. The number of carbonyl (C=O) groups is 1. The van der Waals surface area contributed by atoms with Gasteiger partial charge in [-0.3, -0.25) is 4.79 Å². The number of nitrogens with one attached hydrogen (secondary N) is 1. The van der Waals surface area contributed by atoms with Gasteiger partial charge in [0, 0.05) is 22.8 Å². The van der Waals surface area contributed by atoms with Crippen molar-refractivity contribution in [3.05, 3.63) is 58.1 Å². The molecule has 1 atom stereocenters. The number of carbonyl (C=O) groups excluding carboxylic acids is 1. The van der Waals surface area contributed by atoms with Crippen LogP contribution in [0.4, 0.5) is 0 Å². The summed E-state index contributed by atoms with van der Waals surface area (Å²) in [5, 5.41) is 11.7. The maximum absolute atomic E-state index is 12.7. The monoisotopic (exact) mass is 426 g/mol. The molecule has 0 aliphatic heterocycles. The summed E-state index contributed by atoms with van der Waals surface area (Å²) < 4.78 is 7.87. The Hall–Kier alpha value is -3.46. The number of hydrogen-bond acceptors (Lipinski definition) is 6. The molecule has 3 heterocycles. The molecule has 154 valence electrons. The summed E-state index contributed by atoms with van der Waals surface area (Å²) in [4.78, 5) is 29.3. The molecule has 0 unspecified atom stereocenters. The summed E-state index contributed by atoms with van der Waals surface area (Å²) in [6.07, 6.45) is 2.37. The number of halogens is 1. The summed E-state index contributed by atoms with van der Waals surface area (Å²) in [5.74, 6) is 0.323. The van der Waals surface area contributed by atoms with E-state index in [1.165, 1.54) is 4.40 Å². The van der Waals surface area contributed by atoms with E-state index in [0.717, 1.165) is 16.7 Å². The maximum Gasteiger partial charge on any atom is 0.350 e. The van der Waals surface area contributed by atoms with Crippen LogP contribution < -0.4 is 11.0 Å². The van der Waals surface area contributed by atoms with Gasteiger partial charge in [0.05, 0.1) is 5.56 Å². The molecule has 0 aliphatic rings. The van der Waals surface area contributed by atoms with Crippen molar-refractivity contribution in [3.8, 4) is 22.8 Å². The van der Waals surface area contributed by atoms with Crippen molar-refractivity contribution in [2.75, 3.05) is 0 Å². The van der Waals surface area contributed by atoms with Crippen molar-refractivity contribution in [1.82, 2.24) is 29.6 Å². The first-order valence-corrected chi connectivity index (χ1v) is 9.81. The van der Waals surface area contributed by atoms with Gasteiger partial charge < -0.3 is 9.84 Å². The van der Waals surface area contributed by atoms with E-state index >= 15 is 0 Å². The minimum atomic E-state index is -0.427. The summed E-state index contributed by atoms with van der Waals surface area (Å²) >= 11 is 5.92. The molecule has 0 spiro atoms. The Morgan fingerprint density at radius 1 is 1.27 bits per heavy atom. The minimum absolute atomic E-state index is 0.0190. The van der Waals surface area contributed by atoms with Gasteiger partial charge in [-0.05, 0) is 49.7 Å². The van der Waals surface area contributed by atoms with E-state index in [1.807, 2.05) is 13.8 Å². The van der Waals surface area contributed by atoms with Crippen molar-refractivity contribution in [2.24, 2.45) is 0 Å². The molecule has 0 aliphatic carbocycles. The van der Waals surface area contributed by atoms with Crippen molar-refractivity contribution >= 4 is 23.2 Å². The van der Waals surface area contributed by atoms with Gasteiger partial charge in [0.1, 0.15) is 6.54 Å². The molecule has 4 aromatic rings. The van der Waals surface area contributed by atoms with Crippen LogP contribution in [0.5, 0.6) is 0 Å². The Bertz CT molecular complexity index is 1260. The second-order valence-corrected chi connectivity index (χ2v) is 7.30. The van der Waals surface area contributed by atoms with Gasteiger partial charge in [-0.2, -0.15) is 4.98 Å². The number of hydrogen-bond donors (Lipinski definition) is 1. The van der Waals surface area contributed by atoms with Crippen LogP contribution in [-0.4, -0.2) is 36.3 Å². The lowest BCUT2D eigenvalue weighted by Crippen LogP contribution is -2.37. The van der Waals surface area contributed by atoms with E-state index in [0.29, 0.717) is 22.1 Å². The molecule has 1 amide bonds. The highest BCUT2D eigenvalue weighted by Crippen LogP contribution is 2.25. The Kier molecular flexibility index (Phi) is 5.37. The third-order valence-electron chi connectivity index (χ3n) is 4.68. The highest BCUT2D eigenvalue weighted by Gasteiger charge is 2.18. The SMILES string of the molecule is CC[C@H](C)NC(=O)Cn1nc2c(-c3nc(-c4ccc(Cl)cc4)no3)cccn2c1=O. The lowest BCUT2D eigenvalue weighted by atomic mass is 10.2. The topological polar surface area (TPSA) is 107 Å². The minimum Gasteiger partial charge on any atom is -0.352 e. The summed E-state index contributed by atoms with van der Waals surface area (Å²) in [7, 11) is 0. The number of rotatable bonds is 6. The van der Waals surface area contributed by atoms with Gasteiger partial charge in [-0.1, -0.05) is 23.7 Å². The smallest absolute Gasteiger partial charge is 0.350 e. The predicted octanol–water partition coefficient (Wildman–Crippen LogP) is 2.78. The van der Waals surface area contributed by atoms with Gasteiger partial charge in [0.25, 0.3) is 5.89 Å². The zero-order valence-corrected chi connectivity index (χ0v) is 17.1. The molecular weight excluding hydrogens is 408 g/mol. The zero-order valence-electron chi connectivity index (χ0n) is 16.4. The Morgan fingerprint density at radius 2 is 2.03 bits per heavy atom. The highest BCUT2D eigenvalue weighted by atomic mass is 35.5. The molecule has 30 heavy (non-hydrogen) atoms. The van der Waals surface area contributed by atoms with Crippen LogP contribution in [0.25, 0.3) is 28.5 Å². The molecule has 0 fully saturated rings. The summed E-state index contributed by atoms with van der Waals surface area (Å²) in [6.45, 7) is 3.69. The third kappa shape index (κ3) is 3.84. The molecule has 0 bridgehead atoms. The summed E-state index contributed by atoms with van der Waals surface area (Å²) in [5.41, 5.74) is 1.13. The number of benzene rings is 1. The van der Waals surface area contributed by atoms with Crippen LogP contribution in [0.3, 0.4) is 0 Å². The Labute approximate surface area is 176 Å². The lowest BCUT2D eigenvalue weighted by Gasteiger charge is -2.10. The fourth-order valence-corrected chi connectivity index (χ4v) is 3.04. The highest BCUT2D eigenvalue weighted by molar-refractivity contribution is 6.30. The lowest BCUT2D eigenvalue weighted by molar-refractivity contribution is -0.122. The zero-order chi connectivity index (χ0) is 21.3. The second kappa shape index (κ2) is 8.11. The van der Waals surface area contributed by atoms with Gasteiger partial charge in [-0.25, -0.2) is 13.9 Å². The molecule has 0 saturated carbocycles. The van der Waals surface area contributed by atoms with E-state index in [1.54, 1.807) is 42.6 Å². The van der Waals surface area contributed by atoms with Crippen LogP contribution in [0.2, 0.25) is 5.02 Å². The normalized spacial score (nSPS) is 12.2. The van der Waals surface area contributed by atoms with Crippen LogP contribution in [-0.2, 0) is 11.3 Å². The van der Waals surface area contributed by atoms with Gasteiger partial charge in [-0.15, -0.1) is 5.10 Å². The van der Waals surface area contributed by atoms with E-state index in [9.17, 15) is 9.59 Å². The fraction of sp³-hybridized carbons (Fsp3) is 0.250. The van der Waals surface area contributed by atoms with Crippen molar-refractivity contribution in [2.45, 2.75) is 32.9 Å². The van der Waals surface area contributed by atoms with Crippen LogP contribution >= 0.6 is 11.6 Å². The van der Waals surface area contributed by atoms with E-state index in [2.05, 4.69) is 20.6 Å². The van der Waals surface area contributed by atoms with Crippen molar-refractivity contribution < 1.29 is 9.32 Å². The molecule has 9 nitrogen and oxygen atoms in total. The number of amides is 1. The summed E-state index contributed by atoms with van der Waals surface area (Å²) in [6, 6.07) is 10.5. The fourth-order valence-electron chi connectivity index (χ4n) is 2.92. The molecule has 1 aromatic carbocycles. The average molecular weight is 427 g/mol. The first kappa shape index (κ1) is 19.8. The molecule has 10 heteroatoms. The molecular formula is C20H19ClN6O3. The number of pyridine rings is 1. The standard InChI is InChI=1S/C20H19ClN6O3/c1-3-12(2)22-16(28)11-27-20(29)26-10-4-5-15(18(26)24-27)19-23-17(25-30-19)13-6-8-14(21)9-7-13/h4-10,12H,3,11H2,1-2H3,(H,22,28)/t12-/m0/s1. The van der Waals surface area contributed by atoms with Crippen molar-refractivity contribution in [3.63, 3.8) is 0 Å². The molecule has 0 saturated heterocycles. The molecule has 3 aromatic heterocycles. The number of nitrogens with zero attached hydrogens (tertiary/aromatic N) is 5. The van der Waals surface area contributed by atoms with Crippen LogP contribution in [0.15, 0.2) is 51.9 Å². The quantitative estimate of drug-likeness (QED) is 0.508. The van der Waals surface area contributed by atoms with E-state index < -0.39 is 5.69 Å². The maximum atomic E-state index is 12.7.